The van der Waals surface area contributed by atoms with Crippen molar-refractivity contribution in [3.05, 3.63) is 12.3 Å². The molecule has 0 bridgehead atoms. The molecule has 14 heavy (non-hydrogen) atoms. The van der Waals surface area contributed by atoms with Gasteiger partial charge >= 0.3 is 5.97 Å². The van der Waals surface area contributed by atoms with Crippen LogP contribution in [0.4, 0.5) is 0 Å². The molecule has 3 nitrogen and oxygen atoms in total. The molecule has 1 aliphatic carbocycles. The predicted molar refractivity (Wildman–Crippen MR) is 55.8 cm³/mol. The summed E-state index contributed by atoms with van der Waals surface area (Å²) in [6.45, 7) is 3.07. The summed E-state index contributed by atoms with van der Waals surface area (Å²) in [4.78, 5) is 13.1. The molecule has 0 aliphatic heterocycles. The highest BCUT2D eigenvalue weighted by Gasteiger charge is 2.18. The van der Waals surface area contributed by atoms with E-state index in [2.05, 4.69) is 16.6 Å². The van der Waals surface area contributed by atoms with Crippen LogP contribution in [0.2, 0.25) is 0 Å². The third-order valence-corrected chi connectivity index (χ3v) is 2.76. The third-order valence-electron chi connectivity index (χ3n) is 2.76. The van der Waals surface area contributed by atoms with Crippen LogP contribution < -0.4 is 0 Å². The van der Waals surface area contributed by atoms with Crippen LogP contribution in [0.1, 0.15) is 32.6 Å². The van der Waals surface area contributed by atoms with Gasteiger partial charge in [0.25, 0.3) is 0 Å². The molecule has 0 aromatic rings. The number of carbonyl (C=O) groups excluding carboxylic acids is 1. The van der Waals surface area contributed by atoms with Gasteiger partial charge in [0, 0.05) is 24.9 Å². The molecule has 0 aromatic heterocycles. The maximum atomic E-state index is 10.9. The molecule has 0 unspecified atom stereocenters. The second kappa shape index (κ2) is 5.68. The molecule has 0 aromatic carbocycles. The Kier molecular flexibility index (Phi) is 4.50. The number of carbonyl (C=O) groups is 1. The number of hydrogen-bond acceptors (Lipinski definition) is 3. The Labute approximate surface area is 85.7 Å². The van der Waals surface area contributed by atoms with Crippen molar-refractivity contribution in [2.45, 2.75) is 38.6 Å². The molecule has 1 fully saturated rings. The maximum Gasteiger partial charge on any atom is 0.331 e. The molecule has 0 saturated heterocycles. The lowest BCUT2D eigenvalue weighted by Gasteiger charge is -2.25. The molecule has 0 radical (unpaired) electrons. The zero-order chi connectivity index (χ0) is 10.4. The fraction of sp³-hybridized carbons (Fsp3) is 0.727. The lowest BCUT2D eigenvalue weighted by molar-refractivity contribution is -0.134. The van der Waals surface area contributed by atoms with Crippen molar-refractivity contribution >= 4 is 5.97 Å². The zero-order valence-corrected chi connectivity index (χ0v) is 9.03. The molecule has 0 atom stereocenters. The first-order chi connectivity index (χ1) is 6.77. The van der Waals surface area contributed by atoms with Gasteiger partial charge in [0.15, 0.2) is 0 Å². The summed E-state index contributed by atoms with van der Waals surface area (Å²) >= 11 is 0. The average molecular weight is 197 g/mol. The third kappa shape index (κ3) is 3.05. The summed E-state index contributed by atoms with van der Waals surface area (Å²) in [5.41, 5.74) is 0. The van der Waals surface area contributed by atoms with Gasteiger partial charge in [-0.1, -0.05) is 12.8 Å². The van der Waals surface area contributed by atoms with Crippen LogP contribution in [0, 0.1) is 0 Å². The summed E-state index contributed by atoms with van der Waals surface area (Å²) in [6.07, 6.45) is 8.49. The van der Waals surface area contributed by atoms with E-state index in [4.69, 9.17) is 0 Å². The average Bonchev–Trinajstić information content (AvgIpc) is 2.72. The first-order valence-corrected chi connectivity index (χ1v) is 5.29. The van der Waals surface area contributed by atoms with Crippen LogP contribution in [0.15, 0.2) is 12.3 Å². The minimum atomic E-state index is -0.276. The number of ether oxygens (including phenoxy) is 1. The summed E-state index contributed by atoms with van der Waals surface area (Å²) in [5.74, 6) is -0.276. The topological polar surface area (TPSA) is 29.5 Å². The monoisotopic (exact) mass is 197 g/mol. The predicted octanol–water partition coefficient (Wildman–Crippen LogP) is 1.94. The Balaban J connectivity index is 2.44. The van der Waals surface area contributed by atoms with Crippen LogP contribution in [0.3, 0.4) is 0 Å². The van der Waals surface area contributed by atoms with E-state index in [0.29, 0.717) is 6.04 Å². The Morgan fingerprint density at radius 2 is 2.14 bits per heavy atom. The molecule has 80 valence electrons. The zero-order valence-electron chi connectivity index (χ0n) is 9.03. The molecule has 1 saturated carbocycles. The van der Waals surface area contributed by atoms with Crippen LogP contribution >= 0.6 is 0 Å². The minimum absolute atomic E-state index is 0.276. The second-order valence-corrected chi connectivity index (χ2v) is 3.61. The standard InChI is InChI=1S/C11H19NO2/c1-3-12(9-8-11(13)14-2)10-6-4-5-7-10/h8-10H,3-7H2,1-2H3. The number of methoxy groups -OCH3 is 1. The van der Waals surface area contributed by atoms with E-state index in [9.17, 15) is 4.79 Å². The van der Waals surface area contributed by atoms with Gasteiger partial charge in [0.2, 0.25) is 0 Å². The van der Waals surface area contributed by atoms with Crippen molar-refractivity contribution in [3.63, 3.8) is 0 Å². The van der Waals surface area contributed by atoms with E-state index < -0.39 is 0 Å². The van der Waals surface area contributed by atoms with Gasteiger partial charge in [-0.15, -0.1) is 0 Å². The highest BCUT2D eigenvalue weighted by Crippen LogP contribution is 2.23. The molecule has 1 aliphatic rings. The molecule has 3 heteroatoms. The molecule has 0 amide bonds. The van der Waals surface area contributed by atoms with Gasteiger partial charge in [-0.3, -0.25) is 0 Å². The SMILES string of the molecule is CCN(C=CC(=O)OC)C1CCCC1. The van der Waals surface area contributed by atoms with Crippen molar-refractivity contribution < 1.29 is 9.53 Å². The maximum absolute atomic E-state index is 10.9. The van der Waals surface area contributed by atoms with E-state index in [1.165, 1.54) is 38.9 Å². The Bertz CT molecular complexity index is 207. The molecule has 0 spiro atoms. The van der Waals surface area contributed by atoms with Gasteiger partial charge in [0.05, 0.1) is 7.11 Å². The molecule has 0 heterocycles. The minimum Gasteiger partial charge on any atom is -0.466 e. The van der Waals surface area contributed by atoms with Crippen molar-refractivity contribution in [1.29, 1.82) is 0 Å². The van der Waals surface area contributed by atoms with E-state index in [1.807, 2.05) is 6.20 Å². The number of hydrogen-bond donors (Lipinski definition) is 0. The lowest BCUT2D eigenvalue weighted by atomic mass is 10.2. The van der Waals surface area contributed by atoms with Crippen LogP contribution in [-0.2, 0) is 9.53 Å². The fourth-order valence-corrected chi connectivity index (χ4v) is 1.95. The quantitative estimate of drug-likeness (QED) is 0.509. The van der Waals surface area contributed by atoms with Gasteiger partial charge in [-0.2, -0.15) is 0 Å². The van der Waals surface area contributed by atoms with Crippen molar-refractivity contribution in [1.82, 2.24) is 4.90 Å². The van der Waals surface area contributed by atoms with Gasteiger partial charge in [-0.25, -0.2) is 4.79 Å². The summed E-state index contributed by atoms with van der Waals surface area (Å²) in [6, 6.07) is 0.626. The van der Waals surface area contributed by atoms with Crippen molar-refractivity contribution in [2.75, 3.05) is 13.7 Å². The Morgan fingerprint density at radius 3 is 2.64 bits per heavy atom. The number of nitrogens with zero attached hydrogens (tertiary/aromatic N) is 1. The van der Waals surface area contributed by atoms with Crippen molar-refractivity contribution in [2.24, 2.45) is 0 Å². The van der Waals surface area contributed by atoms with E-state index >= 15 is 0 Å². The van der Waals surface area contributed by atoms with Crippen LogP contribution in [0.5, 0.6) is 0 Å². The molecule has 0 N–H and O–H groups in total. The Morgan fingerprint density at radius 1 is 1.50 bits per heavy atom. The number of rotatable bonds is 4. The normalized spacial score (nSPS) is 17.6. The largest absolute Gasteiger partial charge is 0.466 e. The van der Waals surface area contributed by atoms with Gasteiger partial charge in [0.1, 0.15) is 0 Å². The molecule has 1 rings (SSSR count). The van der Waals surface area contributed by atoms with Gasteiger partial charge in [-0.05, 0) is 19.8 Å². The first kappa shape index (κ1) is 11.1. The van der Waals surface area contributed by atoms with Gasteiger partial charge < -0.3 is 9.64 Å². The van der Waals surface area contributed by atoms with E-state index in [0.717, 1.165) is 6.54 Å². The molecular weight excluding hydrogens is 178 g/mol. The van der Waals surface area contributed by atoms with E-state index in [-0.39, 0.29) is 5.97 Å². The lowest BCUT2D eigenvalue weighted by Crippen LogP contribution is -2.28. The molecular formula is C11H19NO2. The first-order valence-electron chi connectivity index (χ1n) is 5.29. The van der Waals surface area contributed by atoms with Crippen molar-refractivity contribution in [3.8, 4) is 0 Å². The smallest absolute Gasteiger partial charge is 0.331 e. The van der Waals surface area contributed by atoms with Crippen LogP contribution in [0.25, 0.3) is 0 Å². The highest BCUT2D eigenvalue weighted by molar-refractivity contribution is 5.81. The Hall–Kier alpha value is -0.990. The van der Waals surface area contributed by atoms with E-state index in [1.54, 1.807) is 0 Å². The van der Waals surface area contributed by atoms with Crippen LogP contribution in [-0.4, -0.2) is 30.6 Å². The summed E-state index contributed by atoms with van der Waals surface area (Å²) < 4.78 is 4.56. The number of esters is 1. The fourth-order valence-electron chi connectivity index (χ4n) is 1.95. The summed E-state index contributed by atoms with van der Waals surface area (Å²) in [7, 11) is 1.40. The highest BCUT2D eigenvalue weighted by atomic mass is 16.5. The second-order valence-electron chi connectivity index (χ2n) is 3.61. The summed E-state index contributed by atoms with van der Waals surface area (Å²) in [5, 5.41) is 0.